The van der Waals surface area contributed by atoms with Gasteiger partial charge >= 0.3 is 0 Å². The molecule has 0 bridgehead atoms. The second kappa shape index (κ2) is 7.77. The summed E-state index contributed by atoms with van der Waals surface area (Å²) in [4.78, 5) is 23.7. The molecule has 0 atom stereocenters. The Bertz CT molecular complexity index is 749. The maximum absolute atomic E-state index is 11.9. The minimum atomic E-state index is -0.305. The molecule has 1 aromatic heterocycles. The van der Waals surface area contributed by atoms with Gasteiger partial charge in [-0.25, -0.2) is 0 Å². The zero-order valence-corrected chi connectivity index (χ0v) is 14.6. The molecule has 2 N–H and O–H groups in total. The van der Waals surface area contributed by atoms with E-state index < -0.39 is 0 Å². The highest BCUT2D eigenvalue weighted by Crippen LogP contribution is 2.12. The van der Waals surface area contributed by atoms with Crippen LogP contribution in [0.5, 0.6) is 0 Å². The van der Waals surface area contributed by atoms with Crippen LogP contribution in [0.3, 0.4) is 0 Å². The second-order valence-electron chi connectivity index (χ2n) is 6.11. The van der Waals surface area contributed by atoms with E-state index >= 15 is 0 Å². The quantitative estimate of drug-likeness (QED) is 0.823. The predicted octanol–water partition coefficient (Wildman–Crippen LogP) is 1.90. The third-order valence-electron chi connectivity index (χ3n) is 3.86. The fourth-order valence-corrected chi connectivity index (χ4v) is 2.59. The van der Waals surface area contributed by atoms with Crippen molar-refractivity contribution in [1.29, 1.82) is 0 Å². The number of carbonyl (C=O) groups is 2. The van der Waals surface area contributed by atoms with Crippen molar-refractivity contribution in [1.82, 2.24) is 20.6 Å². The molecular weight excluding hydrogens is 304 g/mol. The molecule has 0 unspecified atom stereocenters. The van der Waals surface area contributed by atoms with Gasteiger partial charge in [-0.2, -0.15) is 5.10 Å². The van der Waals surface area contributed by atoms with Crippen LogP contribution in [0.1, 0.15) is 34.5 Å². The van der Waals surface area contributed by atoms with Crippen molar-refractivity contribution in [2.45, 2.75) is 47.1 Å². The zero-order chi connectivity index (χ0) is 17.7. The number of amides is 2. The van der Waals surface area contributed by atoms with Gasteiger partial charge in [-0.1, -0.05) is 23.8 Å². The number of rotatable bonds is 5. The van der Waals surface area contributed by atoms with E-state index in [4.69, 9.17) is 0 Å². The summed E-state index contributed by atoms with van der Waals surface area (Å²) in [6.45, 7) is 7.92. The molecule has 2 aromatic rings. The Morgan fingerprint density at radius 2 is 1.75 bits per heavy atom. The van der Waals surface area contributed by atoms with Gasteiger partial charge < -0.3 is 0 Å². The molecule has 0 aliphatic carbocycles. The van der Waals surface area contributed by atoms with E-state index in [1.165, 1.54) is 11.1 Å². The van der Waals surface area contributed by atoms with Crippen LogP contribution < -0.4 is 10.9 Å². The monoisotopic (exact) mass is 328 g/mol. The number of hydrogen-bond acceptors (Lipinski definition) is 3. The molecule has 1 aromatic carbocycles. The Morgan fingerprint density at radius 1 is 1.04 bits per heavy atom. The van der Waals surface area contributed by atoms with Crippen LogP contribution in [0.25, 0.3) is 0 Å². The summed E-state index contributed by atoms with van der Waals surface area (Å²) in [5.41, 5.74) is 10.2. The lowest BCUT2D eigenvalue weighted by atomic mass is 10.0. The second-order valence-corrected chi connectivity index (χ2v) is 6.11. The van der Waals surface area contributed by atoms with Gasteiger partial charge in [-0.05, 0) is 51.3 Å². The highest BCUT2D eigenvalue weighted by Gasteiger charge is 2.09. The first-order chi connectivity index (χ1) is 11.3. The Morgan fingerprint density at radius 3 is 2.38 bits per heavy atom. The zero-order valence-electron chi connectivity index (χ0n) is 14.6. The highest BCUT2D eigenvalue weighted by molar-refractivity contribution is 5.81. The van der Waals surface area contributed by atoms with E-state index in [1.54, 1.807) is 4.68 Å². The van der Waals surface area contributed by atoms with Crippen molar-refractivity contribution in [2.75, 3.05) is 0 Å². The van der Waals surface area contributed by atoms with Crippen LogP contribution >= 0.6 is 0 Å². The molecule has 6 nitrogen and oxygen atoms in total. The summed E-state index contributed by atoms with van der Waals surface area (Å²) in [5, 5.41) is 4.21. The molecule has 0 aliphatic heterocycles. The average molecular weight is 328 g/mol. The number of aryl methyl sites for hydroxylation is 5. The van der Waals surface area contributed by atoms with Crippen molar-refractivity contribution >= 4 is 11.8 Å². The minimum Gasteiger partial charge on any atom is -0.273 e. The van der Waals surface area contributed by atoms with Gasteiger partial charge in [0.25, 0.3) is 5.91 Å². The van der Waals surface area contributed by atoms with Crippen LogP contribution in [-0.2, 0) is 22.6 Å². The fraction of sp³-hybridized carbons (Fsp3) is 0.389. The topological polar surface area (TPSA) is 76.0 Å². The number of nitrogens with zero attached hydrogens (tertiary/aromatic N) is 2. The summed E-state index contributed by atoms with van der Waals surface area (Å²) in [6, 6.07) is 8.08. The number of hydrazine groups is 1. The fourth-order valence-electron chi connectivity index (χ4n) is 2.59. The first-order valence-electron chi connectivity index (χ1n) is 8.00. The molecule has 0 spiro atoms. The van der Waals surface area contributed by atoms with Crippen molar-refractivity contribution in [3.8, 4) is 0 Å². The van der Waals surface area contributed by atoms with Gasteiger partial charge in [-0.15, -0.1) is 0 Å². The van der Waals surface area contributed by atoms with E-state index in [1.807, 2.05) is 45.9 Å². The smallest absolute Gasteiger partial charge is 0.260 e. The van der Waals surface area contributed by atoms with Crippen molar-refractivity contribution in [3.63, 3.8) is 0 Å². The van der Waals surface area contributed by atoms with Gasteiger partial charge in [0, 0.05) is 12.1 Å². The summed E-state index contributed by atoms with van der Waals surface area (Å²) >= 11 is 0. The normalized spacial score (nSPS) is 10.5. The molecule has 2 amide bonds. The summed E-state index contributed by atoms with van der Waals surface area (Å²) in [6.07, 6.45) is 0.968. The Labute approximate surface area is 142 Å². The van der Waals surface area contributed by atoms with Crippen LogP contribution in [0, 0.1) is 27.7 Å². The number of aromatic nitrogens is 2. The molecule has 2 rings (SSSR count). The predicted molar refractivity (Wildman–Crippen MR) is 92.2 cm³/mol. The largest absolute Gasteiger partial charge is 0.273 e. The maximum atomic E-state index is 11.9. The molecule has 128 valence electrons. The van der Waals surface area contributed by atoms with Crippen molar-refractivity contribution in [2.24, 2.45) is 0 Å². The first-order valence-corrected chi connectivity index (χ1v) is 8.00. The number of carbonyl (C=O) groups excluding carboxylic acids is 2. The third kappa shape index (κ3) is 4.94. The molecule has 0 saturated carbocycles. The maximum Gasteiger partial charge on any atom is 0.260 e. The number of hydrogen-bond donors (Lipinski definition) is 2. The van der Waals surface area contributed by atoms with E-state index in [2.05, 4.69) is 22.0 Å². The first kappa shape index (κ1) is 17.7. The lowest BCUT2D eigenvalue weighted by molar-refractivity contribution is -0.129. The van der Waals surface area contributed by atoms with Gasteiger partial charge in [0.1, 0.15) is 6.54 Å². The van der Waals surface area contributed by atoms with E-state index in [0.29, 0.717) is 12.8 Å². The Balaban J connectivity index is 1.76. The summed E-state index contributed by atoms with van der Waals surface area (Å²) < 4.78 is 1.60. The van der Waals surface area contributed by atoms with E-state index in [0.717, 1.165) is 17.0 Å². The van der Waals surface area contributed by atoms with Crippen molar-refractivity contribution in [3.05, 3.63) is 52.3 Å². The molecule has 24 heavy (non-hydrogen) atoms. The van der Waals surface area contributed by atoms with Gasteiger partial charge in [-0.3, -0.25) is 25.1 Å². The van der Waals surface area contributed by atoms with Gasteiger partial charge in [0.15, 0.2) is 0 Å². The molecule has 0 fully saturated rings. The summed E-state index contributed by atoms with van der Waals surface area (Å²) in [7, 11) is 0. The molecule has 0 aliphatic rings. The van der Waals surface area contributed by atoms with Gasteiger partial charge in [0.05, 0.1) is 5.69 Å². The average Bonchev–Trinajstić information content (AvgIpc) is 2.82. The van der Waals surface area contributed by atoms with E-state index in [-0.39, 0.29) is 18.4 Å². The van der Waals surface area contributed by atoms with Crippen LogP contribution in [-0.4, -0.2) is 21.6 Å². The third-order valence-corrected chi connectivity index (χ3v) is 3.86. The molecule has 1 heterocycles. The summed E-state index contributed by atoms with van der Waals surface area (Å²) in [5.74, 6) is -0.516. The highest BCUT2D eigenvalue weighted by atomic mass is 16.2. The lowest BCUT2D eigenvalue weighted by Gasteiger charge is -2.09. The Hall–Kier alpha value is -2.63. The number of nitrogens with one attached hydrogen (secondary N) is 2. The Kier molecular flexibility index (Phi) is 5.73. The van der Waals surface area contributed by atoms with Crippen LogP contribution in [0.15, 0.2) is 24.3 Å². The minimum absolute atomic E-state index is 0.0804. The van der Waals surface area contributed by atoms with Crippen LogP contribution in [0.2, 0.25) is 0 Å². The molecular formula is C18H24N4O2. The molecule has 6 heteroatoms. The molecule has 0 radical (unpaired) electrons. The van der Waals surface area contributed by atoms with Crippen LogP contribution in [0.4, 0.5) is 0 Å². The number of benzene rings is 1. The molecule has 0 saturated heterocycles. The van der Waals surface area contributed by atoms with Crippen molar-refractivity contribution < 1.29 is 9.59 Å². The standard InChI is InChI=1S/C18H24N4O2/c1-12-5-6-16(13(2)9-12)7-8-17(23)19-20-18(24)11-22-15(4)10-14(3)21-22/h5-6,9-10H,7-8,11H2,1-4H3,(H,19,23)(H,20,24). The SMILES string of the molecule is Cc1ccc(CCC(=O)NNC(=O)Cn2nc(C)cc2C)c(C)c1. The van der Waals surface area contributed by atoms with E-state index in [9.17, 15) is 9.59 Å². The van der Waals surface area contributed by atoms with Gasteiger partial charge in [0.2, 0.25) is 5.91 Å². The lowest BCUT2D eigenvalue weighted by Crippen LogP contribution is -2.43.